The first kappa shape index (κ1) is 15.3. The molecule has 5 nitrogen and oxygen atoms in total. The Kier molecular flexibility index (Phi) is 5.02. The number of rotatable bonds is 6. The van der Waals surface area contributed by atoms with Crippen molar-refractivity contribution in [2.75, 3.05) is 19.7 Å². The number of carbonyl (C=O) groups excluding carboxylic acids is 2. The Labute approximate surface area is 120 Å². The van der Waals surface area contributed by atoms with Crippen LogP contribution in [0.1, 0.15) is 51.9 Å². The normalized spacial score (nSPS) is 21.3. The average molecular weight is 282 g/mol. The summed E-state index contributed by atoms with van der Waals surface area (Å²) in [6, 6.07) is 0.220. The Morgan fingerprint density at radius 3 is 2.40 bits per heavy atom. The van der Waals surface area contributed by atoms with Gasteiger partial charge in [0.25, 0.3) is 0 Å². The highest BCUT2D eigenvalue weighted by atomic mass is 16.5. The first-order valence-electron chi connectivity index (χ1n) is 7.80. The highest BCUT2D eigenvalue weighted by Crippen LogP contribution is 2.39. The van der Waals surface area contributed by atoms with Crippen LogP contribution in [0, 0.1) is 5.41 Å². The van der Waals surface area contributed by atoms with Crippen molar-refractivity contribution >= 4 is 11.9 Å². The average Bonchev–Trinajstić information content (AvgIpc) is 3.29. The van der Waals surface area contributed by atoms with Gasteiger partial charge in [-0.05, 0) is 32.6 Å². The third-order valence-corrected chi connectivity index (χ3v) is 4.51. The second-order valence-electron chi connectivity index (χ2n) is 6.01. The van der Waals surface area contributed by atoms with E-state index < -0.39 is 5.41 Å². The van der Waals surface area contributed by atoms with Crippen molar-refractivity contribution in [1.29, 1.82) is 0 Å². The Hall–Kier alpha value is -1.10. The predicted octanol–water partition coefficient (Wildman–Crippen LogP) is 1.45. The molecule has 0 unspecified atom stereocenters. The maximum Gasteiger partial charge on any atom is 0.325 e. The van der Waals surface area contributed by atoms with E-state index in [1.807, 2.05) is 0 Å². The summed E-state index contributed by atoms with van der Waals surface area (Å²) in [5.41, 5.74) is 5.49. The van der Waals surface area contributed by atoms with E-state index in [2.05, 4.69) is 0 Å². The minimum Gasteiger partial charge on any atom is -0.465 e. The van der Waals surface area contributed by atoms with E-state index in [0.717, 1.165) is 38.5 Å². The zero-order chi connectivity index (χ0) is 14.6. The molecule has 2 aliphatic rings. The standard InChI is InChI=1S/C15H26N2O3/c1-2-20-13(18)10-17(12-6-7-12)14(19)15(11-16)8-4-3-5-9-15/h12H,2-11,16H2,1H3. The van der Waals surface area contributed by atoms with E-state index in [4.69, 9.17) is 10.5 Å². The lowest BCUT2D eigenvalue weighted by molar-refractivity contribution is -0.154. The van der Waals surface area contributed by atoms with Crippen LogP contribution >= 0.6 is 0 Å². The van der Waals surface area contributed by atoms with Gasteiger partial charge in [-0.25, -0.2) is 0 Å². The molecule has 0 spiro atoms. The van der Waals surface area contributed by atoms with Crippen LogP contribution in [0.3, 0.4) is 0 Å². The summed E-state index contributed by atoms with van der Waals surface area (Å²) < 4.78 is 4.99. The summed E-state index contributed by atoms with van der Waals surface area (Å²) in [5.74, 6) is -0.231. The molecule has 0 saturated heterocycles. The molecule has 114 valence electrons. The smallest absolute Gasteiger partial charge is 0.325 e. The molecule has 2 aliphatic carbocycles. The molecular weight excluding hydrogens is 256 g/mol. The molecule has 1 amide bonds. The first-order chi connectivity index (χ1) is 9.63. The molecule has 0 aliphatic heterocycles. The van der Waals surface area contributed by atoms with E-state index in [-0.39, 0.29) is 24.5 Å². The van der Waals surface area contributed by atoms with Gasteiger partial charge in [0.1, 0.15) is 6.54 Å². The van der Waals surface area contributed by atoms with Crippen molar-refractivity contribution in [3.05, 3.63) is 0 Å². The molecule has 0 aromatic heterocycles. The Balaban J connectivity index is 2.07. The number of nitrogens with zero attached hydrogens (tertiary/aromatic N) is 1. The van der Waals surface area contributed by atoms with Gasteiger partial charge in [-0.2, -0.15) is 0 Å². The van der Waals surface area contributed by atoms with Crippen molar-refractivity contribution in [3.63, 3.8) is 0 Å². The molecule has 2 saturated carbocycles. The number of esters is 1. The van der Waals surface area contributed by atoms with Crippen LogP contribution in [-0.2, 0) is 14.3 Å². The molecule has 5 heteroatoms. The van der Waals surface area contributed by atoms with Gasteiger partial charge in [-0.3, -0.25) is 9.59 Å². The molecule has 0 aromatic carbocycles. The zero-order valence-electron chi connectivity index (χ0n) is 12.4. The molecule has 2 rings (SSSR count). The fraction of sp³-hybridized carbons (Fsp3) is 0.867. The monoisotopic (exact) mass is 282 g/mol. The van der Waals surface area contributed by atoms with Crippen molar-refractivity contribution in [2.45, 2.75) is 57.9 Å². The summed E-state index contributed by atoms with van der Waals surface area (Å²) in [6.07, 6.45) is 6.98. The second kappa shape index (κ2) is 6.57. The van der Waals surface area contributed by atoms with Gasteiger partial charge in [0.15, 0.2) is 0 Å². The molecule has 0 heterocycles. The topological polar surface area (TPSA) is 72.6 Å². The minimum atomic E-state index is -0.437. The molecule has 0 atom stereocenters. The van der Waals surface area contributed by atoms with Gasteiger partial charge in [-0.1, -0.05) is 19.3 Å². The number of ether oxygens (including phenoxy) is 1. The summed E-state index contributed by atoms with van der Waals surface area (Å²) >= 11 is 0. The summed E-state index contributed by atoms with van der Waals surface area (Å²) in [7, 11) is 0. The number of carbonyl (C=O) groups is 2. The van der Waals surface area contributed by atoms with Crippen molar-refractivity contribution < 1.29 is 14.3 Å². The van der Waals surface area contributed by atoms with Crippen molar-refractivity contribution in [1.82, 2.24) is 4.90 Å². The molecule has 2 N–H and O–H groups in total. The largest absolute Gasteiger partial charge is 0.465 e. The zero-order valence-corrected chi connectivity index (χ0v) is 12.4. The van der Waals surface area contributed by atoms with Crippen LogP contribution in [-0.4, -0.2) is 42.5 Å². The van der Waals surface area contributed by atoms with Crippen LogP contribution in [0.25, 0.3) is 0 Å². The van der Waals surface area contributed by atoms with E-state index >= 15 is 0 Å². The Bertz CT molecular complexity index is 360. The van der Waals surface area contributed by atoms with Gasteiger partial charge in [0, 0.05) is 12.6 Å². The predicted molar refractivity (Wildman–Crippen MR) is 75.9 cm³/mol. The van der Waals surface area contributed by atoms with Crippen molar-refractivity contribution in [3.8, 4) is 0 Å². The quantitative estimate of drug-likeness (QED) is 0.748. The van der Waals surface area contributed by atoms with Gasteiger partial charge < -0.3 is 15.4 Å². The van der Waals surface area contributed by atoms with Crippen LogP contribution in [0.15, 0.2) is 0 Å². The lowest BCUT2D eigenvalue weighted by atomic mass is 9.73. The number of nitrogens with two attached hydrogens (primary N) is 1. The van der Waals surface area contributed by atoms with Crippen LogP contribution < -0.4 is 5.73 Å². The molecule has 0 aromatic rings. The molecule has 2 fully saturated rings. The molecule has 20 heavy (non-hydrogen) atoms. The van der Waals surface area contributed by atoms with E-state index in [1.165, 1.54) is 6.42 Å². The van der Waals surface area contributed by atoms with Gasteiger partial charge in [-0.15, -0.1) is 0 Å². The van der Waals surface area contributed by atoms with E-state index in [0.29, 0.717) is 13.2 Å². The molecule has 0 bridgehead atoms. The Morgan fingerprint density at radius 2 is 1.90 bits per heavy atom. The third kappa shape index (κ3) is 3.32. The lowest BCUT2D eigenvalue weighted by Gasteiger charge is -2.38. The highest BCUT2D eigenvalue weighted by molar-refractivity contribution is 5.87. The van der Waals surface area contributed by atoms with Gasteiger partial charge >= 0.3 is 5.97 Å². The maximum atomic E-state index is 12.9. The van der Waals surface area contributed by atoms with Crippen LogP contribution in [0.2, 0.25) is 0 Å². The van der Waals surface area contributed by atoms with E-state index in [9.17, 15) is 9.59 Å². The van der Waals surface area contributed by atoms with Crippen molar-refractivity contribution in [2.24, 2.45) is 11.1 Å². The van der Waals surface area contributed by atoms with E-state index in [1.54, 1.807) is 11.8 Å². The summed E-state index contributed by atoms with van der Waals surface area (Å²) in [4.78, 5) is 26.4. The molecular formula is C15H26N2O3. The molecule has 0 radical (unpaired) electrons. The number of amides is 1. The van der Waals surface area contributed by atoms with Crippen LogP contribution in [0.5, 0.6) is 0 Å². The highest BCUT2D eigenvalue weighted by Gasteiger charge is 2.45. The fourth-order valence-corrected chi connectivity index (χ4v) is 3.14. The van der Waals surface area contributed by atoms with Gasteiger partial charge in [0.05, 0.1) is 12.0 Å². The lowest BCUT2D eigenvalue weighted by Crippen LogP contribution is -2.51. The number of hydrogen-bond acceptors (Lipinski definition) is 4. The maximum absolute atomic E-state index is 12.9. The third-order valence-electron chi connectivity index (χ3n) is 4.51. The SMILES string of the molecule is CCOC(=O)CN(C(=O)C1(CN)CCCCC1)C1CC1. The Morgan fingerprint density at radius 1 is 1.25 bits per heavy atom. The fourth-order valence-electron chi connectivity index (χ4n) is 3.14. The van der Waals surface area contributed by atoms with Gasteiger partial charge in [0.2, 0.25) is 5.91 Å². The summed E-state index contributed by atoms with van der Waals surface area (Å²) in [6.45, 7) is 2.61. The minimum absolute atomic E-state index is 0.0789. The first-order valence-corrected chi connectivity index (χ1v) is 7.80. The second-order valence-corrected chi connectivity index (χ2v) is 6.01. The number of hydrogen-bond donors (Lipinski definition) is 1. The van der Waals surface area contributed by atoms with Crippen LogP contribution in [0.4, 0.5) is 0 Å². The summed E-state index contributed by atoms with van der Waals surface area (Å²) in [5, 5.41) is 0.